The van der Waals surface area contributed by atoms with Gasteiger partial charge < -0.3 is 4.90 Å². The Kier molecular flexibility index (Phi) is 4.50. The van der Waals surface area contributed by atoms with E-state index in [1.807, 2.05) is 4.90 Å². The lowest BCUT2D eigenvalue weighted by Gasteiger charge is -2.36. The van der Waals surface area contributed by atoms with Gasteiger partial charge in [0.25, 0.3) is 0 Å². The van der Waals surface area contributed by atoms with E-state index in [1.165, 1.54) is 10.6 Å². The molecule has 0 bridgehead atoms. The van der Waals surface area contributed by atoms with Crippen LogP contribution in [0.15, 0.2) is 0 Å². The summed E-state index contributed by atoms with van der Waals surface area (Å²) in [5.74, 6) is 0.975. The first-order chi connectivity index (χ1) is 8.88. The number of amides is 1. The summed E-state index contributed by atoms with van der Waals surface area (Å²) in [5.41, 5.74) is 0. The first-order valence-corrected chi connectivity index (χ1v) is 8.96. The Morgan fingerprint density at radius 1 is 1.00 bits per heavy atom. The molecule has 2 aliphatic rings. The minimum absolute atomic E-state index is 0.0198. The fraction of sp³-hybridized carbons (Fsp3) is 0.923. The number of nitrogens with zero attached hydrogens (tertiary/aromatic N) is 2. The lowest BCUT2D eigenvalue weighted by Crippen LogP contribution is -2.46. The Balaban J connectivity index is 1.86. The van der Waals surface area contributed by atoms with Crippen LogP contribution in [0.3, 0.4) is 0 Å². The van der Waals surface area contributed by atoms with Gasteiger partial charge in [0, 0.05) is 32.1 Å². The summed E-state index contributed by atoms with van der Waals surface area (Å²) in [5, 5.41) is 0. The Bertz CT molecular complexity index is 419. The molecule has 2 aliphatic heterocycles. The molecule has 0 saturated carbocycles. The maximum absolute atomic E-state index is 12.4. The van der Waals surface area contributed by atoms with Crippen LogP contribution in [0.1, 0.15) is 32.6 Å². The van der Waals surface area contributed by atoms with Gasteiger partial charge in [-0.2, -0.15) is 0 Å². The van der Waals surface area contributed by atoms with Gasteiger partial charge in [-0.05, 0) is 31.6 Å². The number of rotatable bonds is 2. The molecule has 0 unspecified atom stereocenters. The van der Waals surface area contributed by atoms with Gasteiger partial charge in [0.1, 0.15) is 0 Å². The number of hydrogen-bond acceptors (Lipinski definition) is 3. The third kappa shape index (κ3) is 3.69. The molecule has 1 amide bonds. The summed E-state index contributed by atoms with van der Waals surface area (Å²) in [6.07, 6.45) is 4.75. The van der Waals surface area contributed by atoms with Crippen molar-refractivity contribution < 1.29 is 13.2 Å². The highest BCUT2D eigenvalue weighted by atomic mass is 32.2. The first kappa shape index (κ1) is 14.8. The molecule has 0 aromatic rings. The molecule has 5 nitrogen and oxygen atoms in total. The standard InChI is InChI=1S/C13H24N2O3S/c1-11-3-7-14(8-4-11)13(16)12-5-9-15(10-6-12)19(2,17)18/h11-12H,3-10H2,1-2H3. The molecule has 2 fully saturated rings. The molecule has 2 saturated heterocycles. The van der Waals surface area contributed by atoms with Gasteiger partial charge in [-0.25, -0.2) is 12.7 Å². The maximum atomic E-state index is 12.4. The van der Waals surface area contributed by atoms with Crippen LogP contribution in [0.5, 0.6) is 0 Å². The highest BCUT2D eigenvalue weighted by Gasteiger charge is 2.32. The van der Waals surface area contributed by atoms with Crippen molar-refractivity contribution in [3.05, 3.63) is 0 Å². The van der Waals surface area contributed by atoms with Gasteiger partial charge in [0.05, 0.1) is 6.26 Å². The smallest absolute Gasteiger partial charge is 0.225 e. The van der Waals surface area contributed by atoms with E-state index in [2.05, 4.69) is 6.92 Å². The third-order valence-corrected chi connectivity index (χ3v) is 5.67. The van der Waals surface area contributed by atoms with Gasteiger partial charge in [-0.15, -0.1) is 0 Å². The van der Waals surface area contributed by atoms with E-state index in [0.29, 0.717) is 25.9 Å². The molecular formula is C13H24N2O3S. The summed E-state index contributed by atoms with van der Waals surface area (Å²) in [6.45, 7) is 4.93. The summed E-state index contributed by atoms with van der Waals surface area (Å²) in [7, 11) is -3.10. The highest BCUT2D eigenvalue weighted by Crippen LogP contribution is 2.24. The zero-order chi connectivity index (χ0) is 14.0. The predicted molar refractivity (Wildman–Crippen MR) is 74.1 cm³/mol. The highest BCUT2D eigenvalue weighted by molar-refractivity contribution is 7.88. The molecule has 0 spiro atoms. The second-order valence-corrected chi connectivity index (χ2v) is 7.93. The van der Waals surface area contributed by atoms with Crippen molar-refractivity contribution in [2.45, 2.75) is 32.6 Å². The van der Waals surface area contributed by atoms with Crippen molar-refractivity contribution in [1.82, 2.24) is 9.21 Å². The Morgan fingerprint density at radius 2 is 1.53 bits per heavy atom. The average molecular weight is 288 g/mol. The summed E-state index contributed by atoms with van der Waals surface area (Å²) < 4.78 is 24.3. The van der Waals surface area contributed by atoms with Crippen molar-refractivity contribution in [2.75, 3.05) is 32.4 Å². The van der Waals surface area contributed by atoms with Crippen molar-refractivity contribution in [1.29, 1.82) is 0 Å². The zero-order valence-electron chi connectivity index (χ0n) is 11.8. The van der Waals surface area contributed by atoms with Crippen LogP contribution in [0, 0.1) is 11.8 Å². The average Bonchev–Trinajstić information content (AvgIpc) is 2.38. The largest absolute Gasteiger partial charge is 0.342 e. The van der Waals surface area contributed by atoms with Gasteiger partial charge in [0.15, 0.2) is 0 Å². The van der Waals surface area contributed by atoms with E-state index in [4.69, 9.17) is 0 Å². The molecule has 6 heteroatoms. The molecule has 110 valence electrons. The van der Waals surface area contributed by atoms with Gasteiger partial charge in [-0.1, -0.05) is 6.92 Å². The Hall–Kier alpha value is -0.620. The molecule has 0 aromatic carbocycles. The minimum Gasteiger partial charge on any atom is -0.342 e. The van der Waals surface area contributed by atoms with Gasteiger partial charge in [0.2, 0.25) is 15.9 Å². The van der Waals surface area contributed by atoms with Gasteiger partial charge >= 0.3 is 0 Å². The van der Waals surface area contributed by atoms with Crippen LogP contribution >= 0.6 is 0 Å². The maximum Gasteiger partial charge on any atom is 0.225 e. The fourth-order valence-electron chi connectivity index (χ4n) is 2.92. The molecule has 0 N–H and O–H groups in total. The number of likely N-dealkylation sites (tertiary alicyclic amines) is 1. The fourth-order valence-corrected chi connectivity index (χ4v) is 3.80. The Labute approximate surface area is 116 Å². The summed E-state index contributed by atoms with van der Waals surface area (Å²) in [4.78, 5) is 14.3. The lowest BCUT2D eigenvalue weighted by atomic mass is 9.93. The molecule has 19 heavy (non-hydrogen) atoms. The number of hydrogen-bond donors (Lipinski definition) is 0. The normalized spacial score (nSPS) is 24.6. The number of carbonyl (C=O) groups excluding carboxylic acids is 1. The van der Waals surface area contributed by atoms with E-state index in [0.717, 1.165) is 31.8 Å². The molecule has 2 rings (SSSR count). The predicted octanol–water partition coefficient (Wildman–Crippen LogP) is 0.916. The third-order valence-electron chi connectivity index (χ3n) is 4.37. The van der Waals surface area contributed by atoms with E-state index < -0.39 is 10.0 Å². The van der Waals surface area contributed by atoms with Gasteiger partial charge in [-0.3, -0.25) is 4.79 Å². The van der Waals surface area contributed by atoms with E-state index in [9.17, 15) is 13.2 Å². The van der Waals surface area contributed by atoms with Crippen molar-refractivity contribution >= 4 is 15.9 Å². The number of piperidine rings is 2. The monoisotopic (exact) mass is 288 g/mol. The SMILES string of the molecule is CC1CCN(C(=O)C2CCN(S(C)(=O)=O)CC2)CC1. The van der Waals surface area contributed by atoms with E-state index in [-0.39, 0.29) is 11.8 Å². The molecular weight excluding hydrogens is 264 g/mol. The quantitative estimate of drug-likeness (QED) is 0.759. The van der Waals surface area contributed by atoms with Crippen LogP contribution in [0.2, 0.25) is 0 Å². The van der Waals surface area contributed by atoms with Crippen LogP contribution in [0.4, 0.5) is 0 Å². The van der Waals surface area contributed by atoms with Crippen LogP contribution in [0.25, 0.3) is 0 Å². The molecule has 0 atom stereocenters. The molecule has 0 aliphatic carbocycles. The molecule has 0 radical (unpaired) electrons. The second-order valence-electron chi connectivity index (χ2n) is 5.94. The van der Waals surface area contributed by atoms with Crippen molar-refractivity contribution in [3.63, 3.8) is 0 Å². The molecule has 0 aromatic heterocycles. The second kappa shape index (κ2) is 5.79. The molecule has 2 heterocycles. The van der Waals surface area contributed by atoms with Crippen LogP contribution in [-0.4, -0.2) is 56.0 Å². The zero-order valence-corrected chi connectivity index (χ0v) is 12.7. The van der Waals surface area contributed by atoms with Crippen LogP contribution in [-0.2, 0) is 14.8 Å². The van der Waals surface area contributed by atoms with E-state index >= 15 is 0 Å². The first-order valence-electron chi connectivity index (χ1n) is 7.12. The lowest BCUT2D eigenvalue weighted by molar-refractivity contribution is -0.138. The number of sulfonamides is 1. The Morgan fingerprint density at radius 3 is 2.00 bits per heavy atom. The topological polar surface area (TPSA) is 57.7 Å². The summed E-state index contributed by atoms with van der Waals surface area (Å²) in [6, 6.07) is 0. The number of carbonyl (C=O) groups is 1. The van der Waals surface area contributed by atoms with Crippen molar-refractivity contribution in [2.24, 2.45) is 11.8 Å². The summed E-state index contributed by atoms with van der Waals surface area (Å²) >= 11 is 0. The van der Waals surface area contributed by atoms with E-state index in [1.54, 1.807) is 0 Å². The minimum atomic E-state index is -3.10. The van der Waals surface area contributed by atoms with Crippen molar-refractivity contribution in [3.8, 4) is 0 Å². The van der Waals surface area contributed by atoms with Crippen LogP contribution < -0.4 is 0 Å².